The summed E-state index contributed by atoms with van der Waals surface area (Å²) in [5, 5.41) is 5.79. The third kappa shape index (κ3) is 6.50. The number of oxazole rings is 1. The van der Waals surface area contributed by atoms with Gasteiger partial charge in [-0.1, -0.05) is 6.07 Å². The van der Waals surface area contributed by atoms with E-state index in [0.29, 0.717) is 50.1 Å². The number of hydrogen-bond donors (Lipinski definition) is 2. The molecule has 248 valence electrons. The number of benzene rings is 4. The molecule has 48 heavy (non-hydrogen) atoms. The molecule has 1 amide bonds. The molecule has 13 heteroatoms. The number of sulfonamides is 1. The lowest BCUT2D eigenvalue weighted by atomic mass is 9.97. The van der Waals surface area contributed by atoms with E-state index in [4.69, 9.17) is 13.6 Å². The number of carbonyl (C=O) groups excluding carboxylic acids is 2. The van der Waals surface area contributed by atoms with Crippen molar-refractivity contribution in [3.05, 3.63) is 89.7 Å². The molecule has 0 aliphatic rings. The van der Waals surface area contributed by atoms with Crippen molar-refractivity contribution in [2.75, 3.05) is 45.9 Å². The van der Waals surface area contributed by atoms with E-state index in [-0.39, 0.29) is 28.5 Å². The average molecular weight is 673 g/mol. The van der Waals surface area contributed by atoms with Crippen LogP contribution in [-0.4, -0.2) is 67.2 Å². The van der Waals surface area contributed by atoms with Gasteiger partial charge in [-0.3, -0.25) is 13.9 Å². The normalized spacial score (nSPS) is 11.2. The van der Waals surface area contributed by atoms with Crippen molar-refractivity contribution in [1.29, 1.82) is 0 Å². The molecule has 0 radical (unpaired) electrons. The summed E-state index contributed by atoms with van der Waals surface area (Å²) >= 11 is 0. The minimum atomic E-state index is -3.75. The van der Waals surface area contributed by atoms with Crippen molar-refractivity contribution < 1.29 is 36.0 Å². The predicted octanol–water partition coefficient (Wildman–Crippen LogP) is 6.13. The maximum atomic E-state index is 13.7. The van der Waals surface area contributed by atoms with Crippen LogP contribution in [0.25, 0.3) is 56.0 Å². The van der Waals surface area contributed by atoms with Crippen LogP contribution in [0.3, 0.4) is 0 Å². The number of fused-ring (bicyclic) bond motifs is 2. The highest BCUT2D eigenvalue weighted by atomic mass is 32.2. The van der Waals surface area contributed by atoms with Gasteiger partial charge in [0.25, 0.3) is 5.91 Å². The summed E-state index contributed by atoms with van der Waals surface area (Å²) in [7, 11) is 4.40. The van der Waals surface area contributed by atoms with Gasteiger partial charge in [0.1, 0.15) is 34.7 Å². The smallest absolute Gasteiger partial charge is 0.255 e. The SMILES string of the molecule is CNC.CNC(=O)c1c(-c2ccc(F)cc2)oc2cc(N(C)S(C)(=O)=O)c(-c3ccc(OC)c(-c4nc5cc(C=O)ccc5o4)c3)cc12. The molecule has 2 N–H and O–H groups in total. The van der Waals surface area contributed by atoms with Gasteiger partial charge in [0.15, 0.2) is 5.58 Å². The third-order valence-corrected chi connectivity index (χ3v) is 8.68. The lowest BCUT2D eigenvalue weighted by Gasteiger charge is -2.21. The summed E-state index contributed by atoms with van der Waals surface area (Å²) in [5.74, 6) is -0.0354. The van der Waals surface area contributed by atoms with Crippen LogP contribution in [0.5, 0.6) is 5.75 Å². The highest BCUT2D eigenvalue weighted by Crippen LogP contribution is 2.43. The molecule has 2 aromatic heterocycles. The van der Waals surface area contributed by atoms with Gasteiger partial charge in [0.2, 0.25) is 15.9 Å². The topological polar surface area (TPSA) is 144 Å². The summed E-state index contributed by atoms with van der Waals surface area (Å²) in [6.45, 7) is 0. The van der Waals surface area contributed by atoms with Crippen LogP contribution < -0.4 is 19.7 Å². The molecular weight excluding hydrogens is 639 g/mol. The van der Waals surface area contributed by atoms with E-state index in [1.807, 2.05) is 14.1 Å². The number of rotatable bonds is 8. The van der Waals surface area contributed by atoms with Crippen LogP contribution in [0.2, 0.25) is 0 Å². The molecule has 0 saturated heterocycles. The molecule has 0 aliphatic heterocycles. The molecule has 2 heterocycles. The summed E-state index contributed by atoms with van der Waals surface area (Å²) in [5.41, 5.74) is 4.05. The van der Waals surface area contributed by atoms with Crippen LogP contribution in [0, 0.1) is 5.82 Å². The highest BCUT2D eigenvalue weighted by molar-refractivity contribution is 7.92. The first-order valence-corrected chi connectivity index (χ1v) is 16.4. The number of nitrogens with one attached hydrogen (secondary N) is 2. The number of ether oxygens (including phenoxy) is 1. The fraction of sp³-hybridized carbons (Fsp3) is 0.171. The minimum absolute atomic E-state index is 0.200. The molecule has 4 aromatic carbocycles. The largest absolute Gasteiger partial charge is 0.496 e. The van der Waals surface area contributed by atoms with Crippen LogP contribution in [0.1, 0.15) is 20.7 Å². The number of methoxy groups -OCH3 is 1. The third-order valence-electron chi connectivity index (χ3n) is 7.49. The summed E-state index contributed by atoms with van der Waals surface area (Å²) in [4.78, 5) is 29.1. The molecule has 0 aliphatic carbocycles. The number of amides is 1. The summed E-state index contributed by atoms with van der Waals surface area (Å²) < 4.78 is 58.2. The lowest BCUT2D eigenvalue weighted by Crippen LogP contribution is -2.25. The van der Waals surface area contributed by atoms with E-state index in [1.165, 1.54) is 45.5 Å². The molecule has 0 unspecified atom stereocenters. The number of anilines is 1. The standard InChI is InChI=1S/C33H26FN3O7S.C2H7N/c1-35-32(39)30-23-15-22(26(37(2)45(4,40)41)16-29(23)43-31(30)19-6-9-21(34)10-7-19)20-8-12-27(42-3)24(14-20)33-36-25-13-18(17-38)5-11-28(25)44-33;1-3-2/h5-17H,1-4H3,(H,35,39);3H,1-2H3. The highest BCUT2D eigenvalue weighted by Gasteiger charge is 2.26. The molecule has 0 spiro atoms. The maximum Gasteiger partial charge on any atom is 0.255 e. The van der Waals surface area contributed by atoms with E-state index in [0.717, 1.165) is 16.8 Å². The van der Waals surface area contributed by atoms with Crippen molar-refractivity contribution in [1.82, 2.24) is 15.6 Å². The molecule has 6 aromatic rings. The Balaban J connectivity index is 0.00000145. The Labute approximate surface area is 276 Å². The Kier molecular flexibility index (Phi) is 9.64. The van der Waals surface area contributed by atoms with Gasteiger partial charge in [-0.2, -0.15) is 0 Å². The second-order valence-corrected chi connectivity index (χ2v) is 12.8. The Morgan fingerprint density at radius 2 is 1.60 bits per heavy atom. The Hall–Kier alpha value is -5.53. The zero-order valence-corrected chi connectivity index (χ0v) is 27.9. The van der Waals surface area contributed by atoms with E-state index in [9.17, 15) is 22.4 Å². The first kappa shape index (κ1) is 33.8. The zero-order valence-electron chi connectivity index (χ0n) is 27.0. The number of aldehydes is 1. The van der Waals surface area contributed by atoms with Crippen LogP contribution >= 0.6 is 0 Å². The fourth-order valence-electron chi connectivity index (χ4n) is 5.13. The minimum Gasteiger partial charge on any atom is -0.496 e. The van der Waals surface area contributed by atoms with E-state index >= 15 is 0 Å². The van der Waals surface area contributed by atoms with Gasteiger partial charge in [0.05, 0.1) is 30.2 Å². The van der Waals surface area contributed by atoms with Crippen molar-refractivity contribution in [3.63, 3.8) is 0 Å². The number of hydrogen-bond acceptors (Lipinski definition) is 9. The lowest BCUT2D eigenvalue weighted by molar-refractivity contribution is 0.0964. The fourth-order valence-corrected chi connectivity index (χ4v) is 5.64. The molecule has 0 bridgehead atoms. The number of furan rings is 1. The number of carbonyl (C=O) groups is 2. The Morgan fingerprint density at radius 3 is 2.23 bits per heavy atom. The van der Waals surface area contributed by atoms with Gasteiger partial charge in [0, 0.05) is 42.2 Å². The monoisotopic (exact) mass is 672 g/mol. The molecule has 6 rings (SSSR count). The molecular formula is C35H33FN4O7S. The Morgan fingerprint density at radius 1 is 0.917 bits per heavy atom. The first-order chi connectivity index (χ1) is 22.9. The van der Waals surface area contributed by atoms with Crippen molar-refractivity contribution in [3.8, 4) is 39.7 Å². The van der Waals surface area contributed by atoms with Gasteiger partial charge in [-0.25, -0.2) is 17.8 Å². The molecule has 0 atom stereocenters. The molecule has 0 saturated carbocycles. The maximum absolute atomic E-state index is 13.7. The van der Waals surface area contributed by atoms with E-state index in [1.54, 1.807) is 48.5 Å². The van der Waals surface area contributed by atoms with Crippen molar-refractivity contribution in [2.45, 2.75) is 0 Å². The number of aromatic nitrogens is 1. The van der Waals surface area contributed by atoms with Crippen molar-refractivity contribution in [2.24, 2.45) is 0 Å². The molecule has 0 fully saturated rings. The van der Waals surface area contributed by atoms with Gasteiger partial charge in [-0.15, -0.1) is 0 Å². The number of halogens is 1. The van der Waals surface area contributed by atoms with Crippen LogP contribution in [0.4, 0.5) is 10.1 Å². The second-order valence-electron chi connectivity index (χ2n) is 10.8. The van der Waals surface area contributed by atoms with E-state index in [2.05, 4.69) is 15.6 Å². The van der Waals surface area contributed by atoms with Gasteiger partial charge in [-0.05, 0) is 80.3 Å². The van der Waals surface area contributed by atoms with Gasteiger partial charge < -0.3 is 24.2 Å². The van der Waals surface area contributed by atoms with E-state index < -0.39 is 21.7 Å². The van der Waals surface area contributed by atoms with Crippen LogP contribution in [0.15, 0.2) is 81.6 Å². The summed E-state index contributed by atoms with van der Waals surface area (Å²) in [6, 6.07) is 18.8. The molecule has 11 nitrogen and oxygen atoms in total. The zero-order chi connectivity index (χ0) is 34.7. The van der Waals surface area contributed by atoms with Gasteiger partial charge >= 0.3 is 0 Å². The summed E-state index contributed by atoms with van der Waals surface area (Å²) in [6.07, 6.45) is 1.80. The van der Waals surface area contributed by atoms with Crippen molar-refractivity contribution >= 4 is 50.0 Å². The quantitative estimate of drug-likeness (QED) is 0.183. The number of nitrogens with zero attached hydrogens (tertiary/aromatic N) is 2. The second kappa shape index (κ2) is 13.7. The Bertz CT molecular complexity index is 2260. The van der Waals surface area contributed by atoms with Crippen LogP contribution in [-0.2, 0) is 10.0 Å². The average Bonchev–Trinajstić information content (AvgIpc) is 3.68. The predicted molar refractivity (Wildman–Crippen MR) is 184 cm³/mol. The first-order valence-electron chi connectivity index (χ1n) is 14.6.